The molecule has 0 saturated carbocycles. The first-order chi connectivity index (χ1) is 9.17. The number of unbranched alkanes of at least 4 members (excludes halogenated alkanes) is 2. The van der Waals surface area contributed by atoms with Crippen LogP contribution in [0.2, 0.25) is 0 Å². The lowest BCUT2D eigenvalue weighted by Gasteiger charge is -2.36. The van der Waals surface area contributed by atoms with E-state index in [2.05, 4.69) is 39.9 Å². The summed E-state index contributed by atoms with van der Waals surface area (Å²) in [7, 11) is 0. The lowest BCUT2D eigenvalue weighted by atomic mass is 9.72. The lowest BCUT2D eigenvalue weighted by molar-refractivity contribution is 0.166. The van der Waals surface area contributed by atoms with Gasteiger partial charge in [0.1, 0.15) is 0 Å². The highest BCUT2D eigenvalue weighted by Gasteiger charge is 2.29. The van der Waals surface area contributed by atoms with Gasteiger partial charge >= 0.3 is 0 Å². The average Bonchev–Trinajstić information content (AvgIpc) is 2.46. The van der Waals surface area contributed by atoms with E-state index >= 15 is 0 Å². The fourth-order valence-electron chi connectivity index (χ4n) is 3.21. The monoisotopic (exact) mass is 269 g/mol. The first-order valence-electron chi connectivity index (χ1n) is 8.88. The molecule has 0 aliphatic heterocycles. The van der Waals surface area contributed by atoms with Crippen LogP contribution in [0.3, 0.4) is 0 Å². The van der Waals surface area contributed by atoms with Gasteiger partial charge in [-0.15, -0.1) is 0 Å². The second-order valence-electron chi connectivity index (χ2n) is 6.36. The minimum absolute atomic E-state index is 0.556. The Balaban J connectivity index is 4.57. The maximum atomic E-state index is 3.63. The molecule has 0 aromatic rings. The van der Waals surface area contributed by atoms with Gasteiger partial charge in [-0.1, -0.05) is 73.1 Å². The molecule has 2 unspecified atom stereocenters. The molecular formula is C18H39N. The van der Waals surface area contributed by atoms with Crippen molar-refractivity contribution in [2.24, 2.45) is 11.3 Å². The summed E-state index contributed by atoms with van der Waals surface area (Å²) in [5, 5.41) is 3.63. The predicted molar refractivity (Wildman–Crippen MR) is 88.7 cm³/mol. The Morgan fingerprint density at radius 3 is 2.11 bits per heavy atom. The molecule has 0 aliphatic rings. The summed E-state index contributed by atoms with van der Waals surface area (Å²) in [6.45, 7) is 14.0. The van der Waals surface area contributed by atoms with Gasteiger partial charge in [-0.2, -0.15) is 0 Å². The third-order valence-electron chi connectivity index (χ3n) is 4.83. The van der Waals surface area contributed by atoms with Crippen LogP contribution in [0.25, 0.3) is 0 Å². The molecule has 19 heavy (non-hydrogen) atoms. The van der Waals surface area contributed by atoms with Crippen molar-refractivity contribution in [1.82, 2.24) is 5.32 Å². The molecule has 116 valence electrons. The number of hydrogen-bond acceptors (Lipinski definition) is 1. The van der Waals surface area contributed by atoms with E-state index in [1.54, 1.807) is 0 Å². The Morgan fingerprint density at radius 2 is 1.63 bits per heavy atom. The van der Waals surface area contributed by atoms with E-state index in [4.69, 9.17) is 0 Å². The van der Waals surface area contributed by atoms with E-state index in [0.717, 1.165) is 12.5 Å². The molecule has 0 saturated heterocycles. The highest BCUT2D eigenvalue weighted by atomic mass is 14.9. The summed E-state index contributed by atoms with van der Waals surface area (Å²) in [6.07, 6.45) is 12.5. The minimum atomic E-state index is 0.556. The van der Waals surface area contributed by atoms with Gasteiger partial charge in [0.05, 0.1) is 0 Å². The van der Waals surface area contributed by atoms with E-state index in [-0.39, 0.29) is 0 Å². The highest BCUT2D eigenvalue weighted by Crippen LogP contribution is 2.37. The Morgan fingerprint density at radius 1 is 0.947 bits per heavy atom. The molecule has 1 N–H and O–H groups in total. The normalized spacial score (nSPS) is 16.3. The van der Waals surface area contributed by atoms with Gasteiger partial charge in [0.15, 0.2) is 0 Å². The van der Waals surface area contributed by atoms with Crippen LogP contribution in [-0.2, 0) is 0 Å². The summed E-state index contributed by atoms with van der Waals surface area (Å²) < 4.78 is 0. The summed E-state index contributed by atoms with van der Waals surface area (Å²) >= 11 is 0. The van der Waals surface area contributed by atoms with Crippen LogP contribution in [0.4, 0.5) is 0 Å². The Labute approximate surface area is 122 Å². The molecule has 0 aromatic heterocycles. The Hall–Kier alpha value is -0.0400. The standard InChI is InChI=1S/C18H39N/c1-6-11-13-17(8-3)15-18(9-4,14-12-7-2)16-19-10-5/h17,19H,6-16H2,1-5H3. The van der Waals surface area contributed by atoms with Crippen LogP contribution >= 0.6 is 0 Å². The molecule has 0 fully saturated rings. The number of nitrogens with one attached hydrogen (secondary N) is 1. The molecule has 0 rings (SSSR count). The highest BCUT2D eigenvalue weighted by molar-refractivity contribution is 4.83. The first kappa shape index (κ1) is 19.0. The number of hydrogen-bond donors (Lipinski definition) is 1. The fourth-order valence-corrected chi connectivity index (χ4v) is 3.21. The van der Waals surface area contributed by atoms with Crippen LogP contribution in [-0.4, -0.2) is 13.1 Å². The third kappa shape index (κ3) is 7.97. The zero-order valence-electron chi connectivity index (χ0n) is 14.4. The summed E-state index contributed by atoms with van der Waals surface area (Å²) in [4.78, 5) is 0. The Kier molecular flexibility index (Phi) is 11.7. The van der Waals surface area contributed by atoms with Crippen molar-refractivity contribution in [3.8, 4) is 0 Å². The van der Waals surface area contributed by atoms with Gasteiger partial charge in [0.2, 0.25) is 0 Å². The Bertz CT molecular complexity index is 180. The smallest absolute Gasteiger partial charge is 0.000769 e. The van der Waals surface area contributed by atoms with Gasteiger partial charge in [-0.3, -0.25) is 0 Å². The second kappa shape index (κ2) is 11.8. The molecule has 0 radical (unpaired) electrons. The van der Waals surface area contributed by atoms with Crippen LogP contribution in [0.15, 0.2) is 0 Å². The van der Waals surface area contributed by atoms with Crippen LogP contribution in [0.5, 0.6) is 0 Å². The van der Waals surface area contributed by atoms with Crippen molar-refractivity contribution in [1.29, 1.82) is 0 Å². The topological polar surface area (TPSA) is 12.0 Å². The molecule has 0 spiro atoms. The van der Waals surface area contributed by atoms with E-state index < -0.39 is 0 Å². The van der Waals surface area contributed by atoms with E-state index in [0.29, 0.717) is 5.41 Å². The molecule has 1 nitrogen and oxygen atoms in total. The molecule has 0 aromatic carbocycles. The maximum Gasteiger partial charge on any atom is 0.000769 e. The number of rotatable bonds is 13. The van der Waals surface area contributed by atoms with Crippen molar-refractivity contribution in [3.63, 3.8) is 0 Å². The minimum Gasteiger partial charge on any atom is -0.316 e. The lowest BCUT2D eigenvalue weighted by Crippen LogP contribution is -2.35. The van der Waals surface area contributed by atoms with E-state index in [9.17, 15) is 0 Å². The average molecular weight is 270 g/mol. The largest absolute Gasteiger partial charge is 0.316 e. The van der Waals surface area contributed by atoms with Gasteiger partial charge < -0.3 is 5.32 Å². The molecular weight excluding hydrogens is 230 g/mol. The van der Waals surface area contributed by atoms with E-state index in [1.807, 2.05) is 0 Å². The SMILES string of the molecule is CCCCC(CC)CC(CC)(CCCC)CNCC. The molecule has 1 heteroatoms. The summed E-state index contributed by atoms with van der Waals surface area (Å²) in [5.74, 6) is 0.940. The van der Waals surface area contributed by atoms with Crippen molar-refractivity contribution in [2.45, 2.75) is 92.4 Å². The van der Waals surface area contributed by atoms with Crippen molar-refractivity contribution < 1.29 is 0 Å². The van der Waals surface area contributed by atoms with Gasteiger partial charge in [0.25, 0.3) is 0 Å². The maximum absolute atomic E-state index is 3.63. The summed E-state index contributed by atoms with van der Waals surface area (Å²) in [6, 6.07) is 0. The van der Waals surface area contributed by atoms with Gasteiger partial charge in [0, 0.05) is 6.54 Å². The van der Waals surface area contributed by atoms with Crippen molar-refractivity contribution in [3.05, 3.63) is 0 Å². The van der Waals surface area contributed by atoms with Crippen LogP contribution < -0.4 is 5.32 Å². The summed E-state index contributed by atoms with van der Waals surface area (Å²) in [5.41, 5.74) is 0.556. The van der Waals surface area contributed by atoms with Crippen LogP contribution in [0.1, 0.15) is 92.4 Å². The third-order valence-corrected chi connectivity index (χ3v) is 4.83. The van der Waals surface area contributed by atoms with Crippen LogP contribution in [0, 0.1) is 11.3 Å². The quantitative estimate of drug-likeness (QED) is 0.446. The second-order valence-corrected chi connectivity index (χ2v) is 6.36. The molecule has 0 aliphatic carbocycles. The predicted octanol–water partition coefficient (Wildman–Crippen LogP) is 5.79. The molecule has 2 atom stereocenters. The molecule has 0 heterocycles. The van der Waals surface area contributed by atoms with Gasteiger partial charge in [-0.05, 0) is 37.1 Å². The zero-order valence-corrected chi connectivity index (χ0v) is 14.4. The molecule has 0 bridgehead atoms. The van der Waals surface area contributed by atoms with Crippen molar-refractivity contribution in [2.75, 3.05) is 13.1 Å². The van der Waals surface area contributed by atoms with Crippen molar-refractivity contribution >= 4 is 0 Å². The zero-order chi connectivity index (χ0) is 14.6. The first-order valence-corrected chi connectivity index (χ1v) is 8.88. The molecule has 0 amide bonds. The van der Waals surface area contributed by atoms with E-state index in [1.165, 1.54) is 64.3 Å². The van der Waals surface area contributed by atoms with Gasteiger partial charge in [-0.25, -0.2) is 0 Å². The fraction of sp³-hybridized carbons (Fsp3) is 1.00.